The van der Waals surface area contributed by atoms with Crippen molar-refractivity contribution in [2.45, 2.75) is 37.7 Å². The van der Waals surface area contributed by atoms with Crippen LogP contribution in [-0.4, -0.2) is 39.2 Å². The monoisotopic (exact) mass is 594 g/mol. The molecule has 1 amide bonds. The Kier molecular flexibility index (Phi) is 7.95. The third-order valence-corrected chi connectivity index (χ3v) is 6.68. The molecular weight excluding hydrogens is 573 g/mol. The number of benzene rings is 2. The number of nitrogens with zero attached hydrogens (tertiary/aromatic N) is 5. The average Bonchev–Trinajstić information content (AvgIpc) is 3.64. The third kappa shape index (κ3) is 6.56. The Hall–Kier alpha value is -4.40. The van der Waals surface area contributed by atoms with Crippen molar-refractivity contribution in [1.29, 1.82) is 0 Å². The first-order chi connectivity index (χ1) is 19.9. The van der Waals surface area contributed by atoms with E-state index in [4.69, 9.17) is 4.42 Å². The van der Waals surface area contributed by atoms with Crippen molar-refractivity contribution in [3.63, 3.8) is 0 Å². The van der Waals surface area contributed by atoms with E-state index in [-0.39, 0.29) is 35.3 Å². The second-order valence-electron chi connectivity index (χ2n) is 9.53. The summed E-state index contributed by atoms with van der Waals surface area (Å²) in [6.45, 7) is 1.25. The standard InChI is InChI=1S/C27H21F7N6O2/c28-19-3-5-20(6-4-19)40(23(41)9-15-1-2-18(26(29,30)31)10-21(15)27(32,33)34)14-22-38-39-25(42-22)24-36-12-17(13-37-24)16-7-8-35-11-16/h1-6,10,12-13,16,35H,7-9,11,14H2. The molecule has 0 bridgehead atoms. The zero-order chi connectivity index (χ0) is 30.1. The molecule has 0 radical (unpaired) electrons. The number of carbonyl (C=O) groups is 1. The minimum Gasteiger partial charge on any atom is -0.416 e. The van der Waals surface area contributed by atoms with Crippen molar-refractivity contribution in [3.05, 3.63) is 88.8 Å². The normalized spacial score (nSPS) is 15.6. The smallest absolute Gasteiger partial charge is 0.416 e. The van der Waals surface area contributed by atoms with Crippen molar-refractivity contribution >= 4 is 11.6 Å². The summed E-state index contributed by atoms with van der Waals surface area (Å²) in [5.41, 5.74) is -2.77. The molecule has 1 aliphatic heterocycles. The lowest BCUT2D eigenvalue weighted by Gasteiger charge is -2.23. The molecule has 8 nitrogen and oxygen atoms in total. The number of halogens is 7. The summed E-state index contributed by atoms with van der Waals surface area (Å²) in [6.07, 6.45) is -6.89. The topological polar surface area (TPSA) is 97.0 Å². The lowest BCUT2D eigenvalue weighted by molar-refractivity contribution is -0.143. The summed E-state index contributed by atoms with van der Waals surface area (Å²) in [4.78, 5) is 22.8. The van der Waals surface area contributed by atoms with Crippen LogP contribution >= 0.6 is 0 Å². The van der Waals surface area contributed by atoms with Gasteiger partial charge in [0.1, 0.15) is 12.4 Å². The van der Waals surface area contributed by atoms with Gasteiger partial charge in [-0.1, -0.05) is 6.07 Å². The Bertz CT molecular complexity index is 1550. The molecule has 0 saturated carbocycles. The van der Waals surface area contributed by atoms with Gasteiger partial charge in [0.15, 0.2) is 0 Å². The number of alkyl halides is 6. The van der Waals surface area contributed by atoms with Gasteiger partial charge in [0.25, 0.3) is 5.89 Å². The van der Waals surface area contributed by atoms with E-state index in [2.05, 4.69) is 25.5 Å². The maximum atomic E-state index is 13.7. The van der Waals surface area contributed by atoms with E-state index in [0.29, 0.717) is 12.1 Å². The van der Waals surface area contributed by atoms with Crippen LogP contribution in [-0.2, 0) is 30.1 Å². The van der Waals surface area contributed by atoms with Crippen molar-refractivity contribution in [3.8, 4) is 11.7 Å². The highest BCUT2D eigenvalue weighted by Crippen LogP contribution is 2.38. The van der Waals surface area contributed by atoms with E-state index in [1.807, 2.05) is 0 Å². The van der Waals surface area contributed by atoms with E-state index in [1.54, 1.807) is 12.4 Å². The fourth-order valence-corrected chi connectivity index (χ4v) is 4.52. The third-order valence-electron chi connectivity index (χ3n) is 6.68. The largest absolute Gasteiger partial charge is 0.416 e. The first kappa shape index (κ1) is 29.1. The van der Waals surface area contributed by atoms with Gasteiger partial charge in [-0.25, -0.2) is 14.4 Å². The maximum Gasteiger partial charge on any atom is 0.416 e. The Morgan fingerprint density at radius 1 is 0.976 bits per heavy atom. The summed E-state index contributed by atoms with van der Waals surface area (Å²) in [5, 5.41) is 11.0. The molecule has 2 aromatic carbocycles. The van der Waals surface area contributed by atoms with E-state index in [9.17, 15) is 35.5 Å². The average molecular weight is 594 g/mol. The fraction of sp³-hybridized carbons (Fsp3) is 0.296. The minimum absolute atomic E-state index is 0.0381. The molecule has 42 heavy (non-hydrogen) atoms. The van der Waals surface area contributed by atoms with Gasteiger partial charge < -0.3 is 14.6 Å². The van der Waals surface area contributed by atoms with Crippen molar-refractivity contribution in [2.24, 2.45) is 0 Å². The Morgan fingerprint density at radius 3 is 2.31 bits per heavy atom. The molecule has 0 aliphatic carbocycles. The Labute approximate surface area is 233 Å². The number of anilines is 1. The summed E-state index contributed by atoms with van der Waals surface area (Å²) in [6, 6.07) is 5.53. The Balaban J connectivity index is 1.40. The molecule has 1 unspecified atom stereocenters. The molecule has 0 spiro atoms. The van der Waals surface area contributed by atoms with Gasteiger partial charge in [0, 0.05) is 30.5 Å². The van der Waals surface area contributed by atoms with Gasteiger partial charge >= 0.3 is 12.4 Å². The van der Waals surface area contributed by atoms with E-state index >= 15 is 0 Å². The molecule has 1 saturated heterocycles. The van der Waals surface area contributed by atoms with Crippen LogP contribution in [0.1, 0.15) is 40.5 Å². The first-order valence-corrected chi connectivity index (χ1v) is 12.6. The molecule has 5 rings (SSSR count). The van der Waals surface area contributed by atoms with Gasteiger partial charge in [0.2, 0.25) is 17.6 Å². The number of rotatable bonds is 7. The number of hydrogen-bond acceptors (Lipinski definition) is 7. The molecule has 4 aromatic rings. The van der Waals surface area contributed by atoms with Crippen molar-refractivity contribution in [2.75, 3.05) is 18.0 Å². The van der Waals surface area contributed by atoms with Crippen LogP contribution in [0, 0.1) is 5.82 Å². The molecule has 15 heteroatoms. The van der Waals surface area contributed by atoms with Gasteiger partial charge in [-0.2, -0.15) is 26.3 Å². The van der Waals surface area contributed by atoms with Crippen molar-refractivity contribution in [1.82, 2.24) is 25.5 Å². The van der Waals surface area contributed by atoms with Crippen LogP contribution in [0.5, 0.6) is 0 Å². The predicted molar refractivity (Wildman–Crippen MR) is 133 cm³/mol. The van der Waals surface area contributed by atoms with Crippen LogP contribution in [0.3, 0.4) is 0 Å². The number of carbonyl (C=O) groups excluding carboxylic acids is 1. The number of amides is 1. The first-order valence-electron chi connectivity index (χ1n) is 12.6. The van der Waals surface area contributed by atoms with Gasteiger partial charge in [0.05, 0.1) is 17.5 Å². The van der Waals surface area contributed by atoms with Crippen LogP contribution in [0.4, 0.5) is 36.4 Å². The summed E-state index contributed by atoms with van der Waals surface area (Å²) < 4.78 is 99.5. The highest BCUT2D eigenvalue weighted by atomic mass is 19.4. The minimum atomic E-state index is -5.16. The van der Waals surface area contributed by atoms with Crippen LogP contribution in [0.15, 0.2) is 59.3 Å². The van der Waals surface area contributed by atoms with Gasteiger partial charge in [-0.15, -0.1) is 10.2 Å². The lowest BCUT2D eigenvalue weighted by atomic mass is 10.00. The summed E-state index contributed by atoms with van der Waals surface area (Å²) in [5.74, 6) is -1.41. The molecule has 1 N–H and O–H groups in total. The molecule has 2 aromatic heterocycles. The zero-order valence-electron chi connectivity index (χ0n) is 21.5. The Morgan fingerprint density at radius 2 is 1.69 bits per heavy atom. The molecule has 3 heterocycles. The van der Waals surface area contributed by atoms with E-state index < -0.39 is 53.7 Å². The number of aromatic nitrogens is 4. The number of nitrogens with one attached hydrogen (secondary N) is 1. The fourth-order valence-electron chi connectivity index (χ4n) is 4.52. The maximum absolute atomic E-state index is 13.7. The molecule has 1 fully saturated rings. The summed E-state index contributed by atoms with van der Waals surface area (Å²) >= 11 is 0. The molecule has 220 valence electrons. The van der Waals surface area contributed by atoms with E-state index in [1.165, 1.54) is 12.1 Å². The van der Waals surface area contributed by atoms with Crippen LogP contribution in [0.2, 0.25) is 0 Å². The SMILES string of the molecule is O=C(Cc1ccc(C(F)(F)F)cc1C(F)(F)F)N(Cc1nnc(-c2ncc(C3CCNC3)cn2)o1)c1ccc(F)cc1. The second-order valence-corrected chi connectivity index (χ2v) is 9.53. The summed E-state index contributed by atoms with van der Waals surface area (Å²) in [7, 11) is 0. The second kappa shape index (κ2) is 11.5. The van der Waals surface area contributed by atoms with Gasteiger partial charge in [-0.3, -0.25) is 4.79 Å². The van der Waals surface area contributed by atoms with Crippen LogP contribution < -0.4 is 10.2 Å². The predicted octanol–water partition coefficient (Wildman–Crippen LogP) is 5.56. The highest BCUT2D eigenvalue weighted by molar-refractivity contribution is 5.94. The lowest BCUT2D eigenvalue weighted by Crippen LogP contribution is -2.32. The zero-order valence-corrected chi connectivity index (χ0v) is 21.5. The van der Waals surface area contributed by atoms with E-state index in [0.717, 1.165) is 42.1 Å². The van der Waals surface area contributed by atoms with Crippen LogP contribution in [0.25, 0.3) is 11.7 Å². The number of hydrogen-bond donors (Lipinski definition) is 1. The van der Waals surface area contributed by atoms with Gasteiger partial charge in [-0.05, 0) is 60.5 Å². The molecule has 1 aliphatic rings. The highest BCUT2D eigenvalue weighted by Gasteiger charge is 2.38. The van der Waals surface area contributed by atoms with Crippen molar-refractivity contribution < 1.29 is 39.9 Å². The quantitative estimate of drug-likeness (QED) is 0.280. The molecular formula is C27H21F7N6O2. The molecule has 1 atom stereocenters.